The molecule has 0 aliphatic carbocycles. The van der Waals surface area contributed by atoms with Gasteiger partial charge in [-0.2, -0.15) is 13.2 Å². The summed E-state index contributed by atoms with van der Waals surface area (Å²) in [6.45, 7) is 2.51. The number of alkyl halides is 3. The SMILES string of the molecule is CO[C@H](C)C(C)C(F)(F)F. The van der Waals surface area contributed by atoms with Gasteiger partial charge in [-0.25, -0.2) is 0 Å². The zero-order valence-electron chi connectivity index (χ0n) is 6.20. The molecule has 0 N–H and O–H groups in total. The summed E-state index contributed by atoms with van der Waals surface area (Å²) in [6, 6.07) is 0. The normalized spacial score (nSPS) is 18.6. The molecule has 0 spiro atoms. The molecule has 0 bridgehead atoms. The minimum Gasteiger partial charge on any atom is -0.381 e. The second-order valence-electron chi connectivity index (χ2n) is 2.27. The Labute approximate surface area is 58.2 Å². The summed E-state index contributed by atoms with van der Waals surface area (Å²) in [7, 11) is 1.27. The van der Waals surface area contributed by atoms with Crippen molar-refractivity contribution in [3.8, 4) is 0 Å². The molecule has 0 aliphatic heterocycles. The predicted octanol–water partition coefficient (Wildman–Crippen LogP) is 2.22. The van der Waals surface area contributed by atoms with Gasteiger partial charge in [0.15, 0.2) is 0 Å². The van der Waals surface area contributed by atoms with E-state index in [1.807, 2.05) is 0 Å². The topological polar surface area (TPSA) is 9.23 Å². The summed E-state index contributed by atoms with van der Waals surface area (Å²) in [4.78, 5) is 0. The molecule has 0 radical (unpaired) electrons. The number of ether oxygens (including phenoxy) is 1. The van der Waals surface area contributed by atoms with E-state index >= 15 is 0 Å². The van der Waals surface area contributed by atoms with Crippen molar-refractivity contribution in [2.24, 2.45) is 5.92 Å². The first-order valence-electron chi connectivity index (χ1n) is 2.99. The first-order valence-corrected chi connectivity index (χ1v) is 2.99. The number of halogens is 3. The third-order valence-corrected chi connectivity index (χ3v) is 1.59. The van der Waals surface area contributed by atoms with E-state index in [-0.39, 0.29) is 0 Å². The number of rotatable bonds is 2. The summed E-state index contributed by atoms with van der Waals surface area (Å²) in [6.07, 6.45) is -4.91. The molecule has 4 heteroatoms. The smallest absolute Gasteiger partial charge is 0.381 e. The maximum absolute atomic E-state index is 11.8. The van der Waals surface area contributed by atoms with Crippen LogP contribution in [0.3, 0.4) is 0 Å². The molecule has 1 unspecified atom stereocenters. The van der Waals surface area contributed by atoms with Crippen LogP contribution in [0.4, 0.5) is 13.2 Å². The predicted molar refractivity (Wildman–Crippen MR) is 31.7 cm³/mol. The molecule has 0 amide bonds. The summed E-state index contributed by atoms with van der Waals surface area (Å²) < 4.78 is 39.9. The molecule has 0 aliphatic rings. The molecule has 0 heterocycles. The molecular formula is C6H11F3O. The van der Waals surface area contributed by atoms with Crippen molar-refractivity contribution in [1.29, 1.82) is 0 Å². The van der Waals surface area contributed by atoms with Gasteiger partial charge in [-0.1, -0.05) is 6.92 Å². The summed E-state index contributed by atoms with van der Waals surface area (Å²) in [5, 5.41) is 0. The van der Waals surface area contributed by atoms with Crippen LogP contribution in [0.5, 0.6) is 0 Å². The van der Waals surface area contributed by atoms with Crippen LogP contribution in [0.15, 0.2) is 0 Å². The molecule has 1 nitrogen and oxygen atoms in total. The van der Waals surface area contributed by atoms with E-state index in [1.54, 1.807) is 0 Å². The van der Waals surface area contributed by atoms with Crippen molar-refractivity contribution in [3.63, 3.8) is 0 Å². The molecule has 0 aromatic carbocycles. The molecule has 0 saturated heterocycles. The largest absolute Gasteiger partial charge is 0.394 e. The fourth-order valence-electron chi connectivity index (χ4n) is 0.470. The summed E-state index contributed by atoms with van der Waals surface area (Å²) in [5.41, 5.74) is 0. The van der Waals surface area contributed by atoms with Gasteiger partial charge in [-0.15, -0.1) is 0 Å². The number of methoxy groups -OCH3 is 1. The van der Waals surface area contributed by atoms with Gasteiger partial charge in [0.1, 0.15) is 0 Å². The van der Waals surface area contributed by atoms with Crippen molar-refractivity contribution in [2.75, 3.05) is 7.11 Å². The van der Waals surface area contributed by atoms with E-state index in [0.717, 1.165) is 6.92 Å². The lowest BCUT2D eigenvalue weighted by Crippen LogP contribution is -2.30. The van der Waals surface area contributed by atoms with Gasteiger partial charge < -0.3 is 4.74 Å². The Kier molecular flexibility index (Phi) is 3.15. The fraction of sp³-hybridized carbons (Fsp3) is 1.00. The van der Waals surface area contributed by atoms with Crippen molar-refractivity contribution in [3.05, 3.63) is 0 Å². The van der Waals surface area contributed by atoms with E-state index in [9.17, 15) is 13.2 Å². The molecule has 0 aromatic heterocycles. The van der Waals surface area contributed by atoms with Gasteiger partial charge in [0.2, 0.25) is 0 Å². The minimum atomic E-state index is -4.14. The second-order valence-corrected chi connectivity index (χ2v) is 2.27. The van der Waals surface area contributed by atoms with Crippen LogP contribution in [0.1, 0.15) is 13.8 Å². The first-order chi connectivity index (χ1) is 4.39. The van der Waals surface area contributed by atoms with E-state index in [4.69, 9.17) is 0 Å². The van der Waals surface area contributed by atoms with E-state index in [0.29, 0.717) is 0 Å². The lowest BCUT2D eigenvalue weighted by Gasteiger charge is -2.20. The molecule has 0 rings (SSSR count). The van der Waals surface area contributed by atoms with Gasteiger partial charge in [-0.3, -0.25) is 0 Å². The highest BCUT2D eigenvalue weighted by Gasteiger charge is 2.39. The molecular weight excluding hydrogens is 145 g/mol. The Hall–Kier alpha value is -0.250. The fourth-order valence-corrected chi connectivity index (χ4v) is 0.470. The van der Waals surface area contributed by atoms with Crippen LogP contribution in [0.25, 0.3) is 0 Å². The average molecular weight is 156 g/mol. The third-order valence-electron chi connectivity index (χ3n) is 1.59. The average Bonchev–Trinajstić information content (AvgIpc) is 1.83. The van der Waals surface area contributed by atoms with Crippen LogP contribution >= 0.6 is 0 Å². The Morgan fingerprint density at radius 1 is 1.20 bits per heavy atom. The molecule has 0 fully saturated rings. The first kappa shape index (κ1) is 9.75. The van der Waals surface area contributed by atoms with Crippen molar-refractivity contribution < 1.29 is 17.9 Å². The van der Waals surface area contributed by atoms with Crippen molar-refractivity contribution in [1.82, 2.24) is 0 Å². The lowest BCUT2D eigenvalue weighted by atomic mass is 10.1. The van der Waals surface area contributed by atoms with Crippen LogP contribution in [-0.4, -0.2) is 19.4 Å². The minimum absolute atomic E-state index is 0.764. The summed E-state index contributed by atoms with van der Waals surface area (Å²) in [5.74, 6) is -1.39. The molecule has 0 aromatic rings. The Balaban J connectivity index is 3.94. The van der Waals surface area contributed by atoms with Crippen molar-refractivity contribution >= 4 is 0 Å². The maximum Gasteiger partial charge on any atom is 0.394 e. The Morgan fingerprint density at radius 3 is 1.70 bits per heavy atom. The maximum atomic E-state index is 11.8. The van der Waals surface area contributed by atoms with E-state index in [1.165, 1.54) is 14.0 Å². The summed E-state index contributed by atoms with van der Waals surface area (Å²) >= 11 is 0. The zero-order chi connectivity index (χ0) is 8.36. The van der Waals surface area contributed by atoms with Gasteiger partial charge in [0.25, 0.3) is 0 Å². The number of hydrogen-bond donors (Lipinski definition) is 0. The monoisotopic (exact) mass is 156 g/mol. The molecule has 2 atom stereocenters. The lowest BCUT2D eigenvalue weighted by molar-refractivity contribution is -0.195. The third kappa shape index (κ3) is 2.56. The van der Waals surface area contributed by atoms with Gasteiger partial charge >= 0.3 is 6.18 Å². The second kappa shape index (κ2) is 3.23. The van der Waals surface area contributed by atoms with Crippen LogP contribution < -0.4 is 0 Å². The van der Waals surface area contributed by atoms with Crippen LogP contribution in [0.2, 0.25) is 0 Å². The highest BCUT2D eigenvalue weighted by atomic mass is 19.4. The van der Waals surface area contributed by atoms with Crippen LogP contribution in [0, 0.1) is 5.92 Å². The van der Waals surface area contributed by atoms with E-state index < -0.39 is 18.2 Å². The Morgan fingerprint density at radius 2 is 1.60 bits per heavy atom. The zero-order valence-corrected chi connectivity index (χ0v) is 6.20. The Bertz CT molecular complexity index is 99.7. The quantitative estimate of drug-likeness (QED) is 0.595. The molecule has 10 heavy (non-hydrogen) atoms. The van der Waals surface area contributed by atoms with E-state index in [2.05, 4.69) is 4.74 Å². The number of hydrogen-bond acceptors (Lipinski definition) is 1. The van der Waals surface area contributed by atoms with Gasteiger partial charge in [-0.05, 0) is 6.92 Å². The van der Waals surface area contributed by atoms with Crippen molar-refractivity contribution in [2.45, 2.75) is 26.1 Å². The van der Waals surface area contributed by atoms with Gasteiger partial charge in [0, 0.05) is 7.11 Å². The van der Waals surface area contributed by atoms with Gasteiger partial charge in [0.05, 0.1) is 12.0 Å². The highest BCUT2D eigenvalue weighted by Crippen LogP contribution is 2.28. The molecule has 0 saturated carbocycles. The van der Waals surface area contributed by atoms with Crippen LogP contribution in [-0.2, 0) is 4.74 Å². The highest BCUT2D eigenvalue weighted by molar-refractivity contribution is 4.68. The molecule has 62 valence electrons. The standard InChI is InChI=1S/C6H11F3O/c1-4(5(2)10-3)6(7,8)9/h4-5H,1-3H3/t4?,5-/m1/s1.